The molecule has 1 aromatic carbocycles. The molecule has 2 rings (SSSR count). The molecule has 16 heavy (non-hydrogen) atoms. The molecule has 0 saturated carbocycles. The highest BCUT2D eigenvalue weighted by atomic mass is 32.2. The predicted octanol–water partition coefficient (Wildman–Crippen LogP) is 2.68. The van der Waals surface area contributed by atoms with Gasteiger partial charge >= 0.3 is 0 Å². The number of thioether (sulfide) groups is 1. The van der Waals surface area contributed by atoms with E-state index in [1.165, 1.54) is 36.3 Å². The van der Waals surface area contributed by atoms with E-state index in [0.717, 1.165) is 12.1 Å². The molecular weight excluding hydrogens is 216 g/mol. The molecule has 1 heterocycles. The summed E-state index contributed by atoms with van der Waals surface area (Å²) in [6.07, 6.45) is 7.21. The van der Waals surface area contributed by atoms with E-state index in [2.05, 4.69) is 23.7 Å². The highest BCUT2D eigenvalue weighted by molar-refractivity contribution is 7.98. The Morgan fingerprint density at radius 3 is 3.00 bits per heavy atom. The second kappa shape index (κ2) is 5.60. The molecule has 1 atom stereocenters. The predicted molar refractivity (Wildman–Crippen MR) is 72.0 cm³/mol. The summed E-state index contributed by atoms with van der Waals surface area (Å²) >= 11 is 1.73. The first-order valence-electron chi connectivity index (χ1n) is 5.95. The van der Waals surface area contributed by atoms with Gasteiger partial charge in [0, 0.05) is 16.6 Å². The number of piperidine rings is 1. The van der Waals surface area contributed by atoms with E-state index in [4.69, 9.17) is 5.73 Å². The van der Waals surface area contributed by atoms with Crippen molar-refractivity contribution in [2.45, 2.75) is 36.6 Å². The van der Waals surface area contributed by atoms with E-state index < -0.39 is 0 Å². The number of rotatable bonds is 3. The second-order valence-electron chi connectivity index (χ2n) is 4.43. The number of nitrogens with one attached hydrogen (secondary N) is 1. The van der Waals surface area contributed by atoms with Crippen LogP contribution in [0.1, 0.15) is 24.8 Å². The first-order chi connectivity index (χ1) is 7.79. The van der Waals surface area contributed by atoms with Crippen LogP contribution in [0.15, 0.2) is 23.1 Å². The number of hydrogen-bond acceptors (Lipinski definition) is 3. The fourth-order valence-electron chi connectivity index (χ4n) is 2.27. The van der Waals surface area contributed by atoms with Gasteiger partial charge in [-0.15, -0.1) is 11.8 Å². The fourth-order valence-corrected chi connectivity index (χ4v) is 2.84. The van der Waals surface area contributed by atoms with Crippen LogP contribution in [0.2, 0.25) is 0 Å². The summed E-state index contributed by atoms with van der Waals surface area (Å²) in [6.45, 7) is 1.18. The monoisotopic (exact) mass is 236 g/mol. The van der Waals surface area contributed by atoms with Crippen LogP contribution in [-0.4, -0.2) is 18.8 Å². The molecule has 88 valence electrons. The van der Waals surface area contributed by atoms with Gasteiger partial charge in [-0.3, -0.25) is 0 Å². The second-order valence-corrected chi connectivity index (χ2v) is 5.28. The molecule has 1 aliphatic heterocycles. The average Bonchev–Trinajstić information content (AvgIpc) is 2.33. The zero-order valence-corrected chi connectivity index (χ0v) is 10.6. The summed E-state index contributed by atoms with van der Waals surface area (Å²) < 4.78 is 0. The van der Waals surface area contributed by atoms with E-state index in [1.807, 2.05) is 6.07 Å². The van der Waals surface area contributed by atoms with Gasteiger partial charge in [-0.1, -0.05) is 12.5 Å². The van der Waals surface area contributed by atoms with Crippen molar-refractivity contribution in [2.24, 2.45) is 0 Å². The van der Waals surface area contributed by atoms with Crippen LogP contribution >= 0.6 is 11.8 Å². The molecule has 1 fully saturated rings. The largest absolute Gasteiger partial charge is 0.398 e. The van der Waals surface area contributed by atoms with Crippen LogP contribution in [0.5, 0.6) is 0 Å². The molecule has 3 N–H and O–H groups in total. The molecule has 1 saturated heterocycles. The third kappa shape index (κ3) is 2.92. The van der Waals surface area contributed by atoms with Crippen molar-refractivity contribution in [3.63, 3.8) is 0 Å². The summed E-state index contributed by atoms with van der Waals surface area (Å²) in [5.41, 5.74) is 8.19. The van der Waals surface area contributed by atoms with Gasteiger partial charge in [0.1, 0.15) is 0 Å². The molecule has 0 radical (unpaired) electrons. The summed E-state index contributed by atoms with van der Waals surface area (Å²) in [5, 5.41) is 3.58. The zero-order chi connectivity index (χ0) is 11.4. The number of hydrogen-bond donors (Lipinski definition) is 2. The van der Waals surface area contributed by atoms with E-state index in [1.54, 1.807) is 11.8 Å². The number of nitrogens with two attached hydrogens (primary N) is 1. The minimum atomic E-state index is 0.659. The summed E-state index contributed by atoms with van der Waals surface area (Å²) in [5.74, 6) is 0. The van der Waals surface area contributed by atoms with Gasteiger partial charge in [0.15, 0.2) is 0 Å². The molecule has 1 unspecified atom stereocenters. The number of benzene rings is 1. The van der Waals surface area contributed by atoms with Crippen molar-refractivity contribution < 1.29 is 0 Å². The molecule has 0 spiro atoms. The lowest BCUT2D eigenvalue weighted by Gasteiger charge is -2.23. The molecular formula is C13H20N2S. The number of nitrogen functional groups attached to an aromatic ring is 1. The Morgan fingerprint density at radius 2 is 2.31 bits per heavy atom. The Morgan fingerprint density at radius 1 is 1.44 bits per heavy atom. The zero-order valence-electron chi connectivity index (χ0n) is 9.83. The van der Waals surface area contributed by atoms with Crippen molar-refractivity contribution in [1.82, 2.24) is 5.32 Å². The van der Waals surface area contributed by atoms with E-state index >= 15 is 0 Å². The Hall–Kier alpha value is -0.670. The van der Waals surface area contributed by atoms with Crippen LogP contribution in [-0.2, 0) is 6.42 Å². The maximum absolute atomic E-state index is 5.90. The standard InChI is InChI=1S/C13H20N2S/c1-16-13-9-10(5-6-12(13)14)8-11-4-2-3-7-15-11/h5-6,9,11,15H,2-4,7-8,14H2,1H3. The van der Waals surface area contributed by atoms with Crippen molar-refractivity contribution in [3.8, 4) is 0 Å². The molecule has 2 nitrogen and oxygen atoms in total. The molecule has 1 aromatic rings. The van der Waals surface area contributed by atoms with Crippen molar-refractivity contribution in [3.05, 3.63) is 23.8 Å². The summed E-state index contributed by atoms with van der Waals surface area (Å²) in [6, 6.07) is 7.08. The van der Waals surface area contributed by atoms with Crippen LogP contribution in [0, 0.1) is 0 Å². The third-order valence-corrected chi connectivity index (χ3v) is 3.99. The summed E-state index contributed by atoms with van der Waals surface area (Å²) in [4.78, 5) is 1.20. The van der Waals surface area contributed by atoms with Crippen LogP contribution in [0.25, 0.3) is 0 Å². The SMILES string of the molecule is CSc1cc(CC2CCCCN2)ccc1N. The van der Waals surface area contributed by atoms with E-state index in [0.29, 0.717) is 6.04 Å². The van der Waals surface area contributed by atoms with Gasteiger partial charge in [0.05, 0.1) is 0 Å². The molecule has 0 amide bonds. The van der Waals surface area contributed by atoms with Crippen LogP contribution < -0.4 is 11.1 Å². The fraction of sp³-hybridized carbons (Fsp3) is 0.538. The first-order valence-corrected chi connectivity index (χ1v) is 7.18. The molecule has 0 aliphatic carbocycles. The van der Waals surface area contributed by atoms with Gasteiger partial charge < -0.3 is 11.1 Å². The highest BCUT2D eigenvalue weighted by Crippen LogP contribution is 2.25. The van der Waals surface area contributed by atoms with Crippen molar-refractivity contribution in [1.29, 1.82) is 0 Å². The Balaban J connectivity index is 2.03. The van der Waals surface area contributed by atoms with Crippen molar-refractivity contribution >= 4 is 17.4 Å². The normalized spacial score (nSPS) is 20.9. The van der Waals surface area contributed by atoms with Gasteiger partial charge in [0.2, 0.25) is 0 Å². The maximum atomic E-state index is 5.90. The summed E-state index contributed by atoms with van der Waals surface area (Å²) in [7, 11) is 0. The lowest BCUT2D eigenvalue weighted by atomic mass is 9.98. The topological polar surface area (TPSA) is 38.0 Å². The quantitative estimate of drug-likeness (QED) is 0.626. The Bertz CT molecular complexity index is 346. The molecule has 0 aromatic heterocycles. The maximum Gasteiger partial charge on any atom is 0.0452 e. The van der Waals surface area contributed by atoms with Crippen molar-refractivity contribution in [2.75, 3.05) is 18.5 Å². The van der Waals surface area contributed by atoms with Crippen LogP contribution in [0.4, 0.5) is 5.69 Å². The minimum absolute atomic E-state index is 0.659. The van der Waals surface area contributed by atoms with Gasteiger partial charge in [-0.25, -0.2) is 0 Å². The highest BCUT2D eigenvalue weighted by Gasteiger charge is 2.13. The Labute approximate surface area is 102 Å². The molecule has 3 heteroatoms. The Kier molecular flexibility index (Phi) is 4.13. The van der Waals surface area contributed by atoms with Gasteiger partial charge in [-0.2, -0.15) is 0 Å². The van der Waals surface area contributed by atoms with Gasteiger partial charge in [0.25, 0.3) is 0 Å². The first kappa shape index (κ1) is 11.8. The molecule has 0 bridgehead atoms. The lowest BCUT2D eigenvalue weighted by Crippen LogP contribution is -2.35. The van der Waals surface area contributed by atoms with Crippen LogP contribution in [0.3, 0.4) is 0 Å². The van der Waals surface area contributed by atoms with E-state index in [-0.39, 0.29) is 0 Å². The average molecular weight is 236 g/mol. The van der Waals surface area contributed by atoms with Gasteiger partial charge in [-0.05, 0) is 49.8 Å². The van der Waals surface area contributed by atoms with E-state index in [9.17, 15) is 0 Å². The smallest absolute Gasteiger partial charge is 0.0452 e. The third-order valence-electron chi connectivity index (χ3n) is 3.19. The molecule has 1 aliphatic rings. The number of anilines is 1. The minimum Gasteiger partial charge on any atom is -0.398 e. The lowest BCUT2D eigenvalue weighted by molar-refractivity contribution is 0.399.